The molecule has 0 aromatic heterocycles. The molecule has 1 aliphatic heterocycles. The first-order valence-corrected chi connectivity index (χ1v) is 6.77. The van der Waals surface area contributed by atoms with Gasteiger partial charge in [-0.3, -0.25) is 0 Å². The quantitative estimate of drug-likeness (QED) is 0.750. The predicted molar refractivity (Wildman–Crippen MR) is 76.2 cm³/mol. The van der Waals surface area contributed by atoms with E-state index in [1.807, 2.05) is 20.8 Å². The van der Waals surface area contributed by atoms with Crippen LogP contribution in [0.15, 0.2) is 0 Å². The standard InChI is InChI=1S/C14H23N3O3/c1-5-8-15-12(18)17-9-6-7-11(10-17)16-13(19)20-14(2,3)4/h1,11H,6-10H2,2-4H3,(H,15,18)(H,16,19)/t11-/m1/s1. The molecule has 2 N–H and O–H groups in total. The van der Waals surface area contributed by atoms with Crippen molar-refractivity contribution < 1.29 is 14.3 Å². The number of nitrogens with one attached hydrogen (secondary N) is 2. The summed E-state index contributed by atoms with van der Waals surface area (Å²) in [6.45, 7) is 6.78. The summed E-state index contributed by atoms with van der Waals surface area (Å²) in [4.78, 5) is 25.1. The van der Waals surface area contributed by atoms with Crippen LogP contribution in [0.4, 0.5) is 9.59 Å². The molecule has 0 unspecified atom stereocenters. The molecule has 0 aromatic rings. The molecule has 1 rings (SSSR count). The molecule has 1 atom stereocenters. The summed E-state index contributed by atoms with van der Waals surface area (Å²) in [5.74, 6) is 2.36. The number of rotatable bonds is 2. The zero-order valence-corrected chi connectivity index (χ0v) is 12.4. The number of piperidine rings is 1. The molecule has 0 spiro atoms. The van der Waals surface area contributed by atoms with Crippen LogP contribution in [-0.4, -0.2) is 48.3 Å². The van der Waals surface area contributed by atoms with Crippen molar-refractivity contribution in [2.24, 2.45) is 0 Å². The van der Waals surface area contributed by atoms with E-state index in [9.17, 15) is 9.59 Å². The highest BCUT2D eigenvalue weighted by atomic mass is 16.6. The fraction of sp³-hybridized carbons (Fsp3) is 0.714. The maximum Gasteiger partial charge on any atom is 0.407 e. The van der Waals surface area contributed by atoms with Crippen molar-refractivity contribution in [2.75, 3.05) is 19.6 Å². The zero-order chi connectivity index (χ0) is 15.2. The summed E-state index contributed by atoms with van der Waals surface area (Å²) in [7, 11) is 0. The van der Waals surface area contributed by atoms with Crippen molar-refractivity contribution in [3.8, 4) is 12.3 Å². The molecular weight excluding hydrogens is 258 g/mol. The number of urea groups is 1. The SMILES string of the molecule is C#CCNC(=O)N1CCC[C@@H](NC(=O)OC(C)(C)C)C1. The molecule has 0 bridgehead atoms. The van der Waals surface area contributed by atoms with Crippen LogP contribution in [0.5, 0.6) is 0 Å². The Kier molecular flexibility index (Phi) is 5.68. The van der Waals surface area contributed by atoms with E-state index in [1.54, 1.807) is 4.90 Å². The molecule has 0 radical (unpaired) electrons. The number of carbonyl (C=O) groups excluding carboxylic acids is 2. The maximum absolute atomic E-state index is 11.8. The molecule has 1 fully saturated rings. The highest BCUT2D eigenvalue weighted by Gasteiger charge is 2.26. The number of amides is 3. The van der Waals surface area contributed by atoms with E-state index in [-0.39, 0.29) is 18.6 Å². The third kappa shape index (κ3) is 5.83. The Morgan fingerprint density at radius 1 is 1.45 bits per heavy atom. The fourth-order valence-electron chi connectivity index (χ4n) is 1.99. The Labute approximate surface area is 120 Å². The summed E-state index contributed by atoms with van der Waals surface area (Å²) in [5, 5.41) is 5.41. The van der Waals surface area contributed by atoms with Gasteiger partial charge in [-0.05, 0) is 33.6 Å². The molecule has 1 heterocycles. The zero-order valence-electron chi connectivity index (χ0n) is 12.4. The lowest BCUT2D eigenvalue weighted by Crippen LogP contribution is -2.52. The van der Waals surface area contributed by atoms with E-state index in [4.69, 9.17) is 11.2 Å². The van der Waals surface area contributed by atoms with Crippen molar-refractivity contribution in [1.82, 2.24) is 15.5 Å². The van der Waals surface area contributed by atoms with Gasteiger partial charge in [-0.15, -0.1) is 6.42 Å². The molecule has 112 valence electrons. The topological polar surface area (TPSA) is 70.7 Å². The summed E-state index contributed by atoms with van der Waals surface area (Å²) in [5.41, 5.74) is -0.525. The second kappa shape index (κ2) is 7.04. The molecule has 0 aromatic carbocycles. The van der Waals surface area contributed by atoms with Crippen LogP contribution in [0, 0.1) is 12.3 Å². The molecule has 6 heteroatoms. The molecule has 6 nitrogen and oxygen atoms in total. The second-order valence-electron chi connectivity index (χ2n) is 5.79. The summed E-state index contributed by atoms with van der Waals surface area (Å²) >= 11 is 0. The predicted octanol–water partition coefficient (Wildman–Crippen LogP) is 1.32. The number of hydrogen-bond acceptors (Lipinski definition) is 3. The lowest BCUT2D eigenvalue weighted by atomic mass is 10.1. The van der Waals surface area contributed by atoms with Gasteiger partial charge in [0.15, 0.2) is 0 Å². The minimum Gasteiger partial charge on any atom is -0.444 e. The minimum atomic E-state index is -0.525. The van der Waals surface area contributed by atoms with Gasteiger partial charge >= 0.3 is 12.1 Å². The Morgan fingerprint density at radius 2 is 2.15 bits per heavy atom. The van der Waals surface area contributed by atoms with Crippen LogP contribution < -0.4 is 10.6 Å². The number of alkyl carbamates (subject to hydrolysis) is 1. The van der Waals surface area contributed by atoms with E-state index in [2.05, 4.69) is 16.6 Å². The highest BCUT2D eigenvalue weighted by Crippen LogP contribution is 2.12. The van der Waals surface area contributed by atoms with Crippen LogP contribution >= 0.6 is 0 Å². The first-order chi connectivity index (χ1) is 9.31. The third-order valence-corrected chi connectivity index (χ3v) is 2.77. The first kappa shape index (κ1) is 16.2. The van der Waals surface area contributed by atoms with Gasteiger partial charge in [0.2, 0.25) is 0 Å². The van der Waals surface area contributed by atoms with Crippen LogP contribution in [-0.2, 0) is 4.74 Å². The van der Waals surface area contributed by atoms with Gasteiger partial charge in [-0.2, -0.15) is 0 Å². The molecule has 0 aliphatic carbocycles. The average molecular weight is 281 g/mol. The summed E-state index contributed by atoms with van der Waals surface area (Å²) < 4.78 is 5.21. The highest BCUT2D eigenvalue weighted by molar-refractivity contribution is 5.75. The van der Waals surface area contributed by atoms with Crippen LogP contribution in [0.3, 0.4) is 0 Å². The van der Waals surface area contributed by atoms with E-state index < -0.39 is 11.7 Å². The number of ether oxygens (including phenoxy) is 1. The van der Waals surface area contributed by atoms with Crippen molar-refractivity contribution in [3.63, 3.8) is 0 Å². The lowest BCUT2D eigenvalue weighted by molar-refractivity contribution is 0.0479. The number of terminal acetylenes is 1. The largest absolute Gasteiger partial charge is 0.444 e. The van der Waals surface area contributed by atoms with E-state index >= 15 is 0 Å². The molecule has 1 saturated heterocycles. The number of carbonyl (C=O) groups is 2. The lowest BCUT2D eigenvalue weighted by Gasteiger charge is -2.33. The van der Waals surface area contributed by atoms with Gasteiger partial charge in [-0.25, -0.2) is 9.59 Å². The molecule has 20 heavy (non-hydrogen) atoms. The second-order valence-corrected chi connectivity index (χ2v) is 5.79. The van der Waals surface area contributed by atoms with E-state index in [0.29, 0.717) is 13.1 Å². The van der Waals surface area contributed by atoms with Crippen molar-refractivity contribution in [1.29, 1.82) is 0 Å². The van der Waals surface area contributed by atoms with Crippen LogP contribution in [0.25, 0.3) is 0 Å². The van der Waals surface area contributed by atoms with Gasteiger partial charge in [-0.1, -0.05) is 5.92 Å². The van der Waals surface area contributed by atoms with Crippen molar-refractivity contribution >= 4 is 12.1 Å². The Balaban J connectivity index is 2.43. The maximum atomic E-state index is 11.8. The average Bonchev–Trinajstić information content (AvgIpc) is 2.33. The monoisotopic (exact) mass is 281 g/mol. The Bertz CT molecular complexity index is 395. The number of nitrogens with zero attached hydrogens (tertiary/aromatic N) is 1. The molecule has 0 saturated carbocycles. The van der Waals surface area contributed by atoms with Gasteiger partial charge in [0.05, 0.1) is 6.54 Å². The van der Waals surface area contributed by atoms with Gasteiger partial charge < -0.3 is 20.3 Å². The molecule has 3 amide bonds. The van der Waals surface area contributed by atoms with Crippen LogP contribution in [0.1, 0.15) is 33.6 Å². The minimum absolute atomic E-state index is 0.0878. The van der Waals surface area contributed by atoms with E-state index in [1.165, 1.54) is 0 Å². The van der Waals surface area contributed by atoms with Crippen molar-refractivity contribution in [3.05, 3.63) is 0 Å². The smallest absolute Gasteiger partial charge is 0.407 e. The van der Waals surface area contributed by atoms with Gasteiger partial charge in [0.25, 0.3) is 0 Å². The van der Waals surface area contributed by atoms with Crippen LogP contribution in [0.2, 0.25) is 0 Å². The molecular formula is C14H23N3O3. The summed E-state index contributed by atoms with van der Waals surface area (Å²) in [6.07, 6.45) is 6.32. The molecule has 1 aliphatic rings. The van der Waals surface area contributed by atoms with Gasteiger partial charge in [0.1, 0.15) is 5.60 Å². The normalized spacial score (nSPS) is 18.9. The van der Waals surface area contributed by atoms with Gasteiger partial charge in [0, 0.05) is 19.1 Å². The summed E-state index contributed by atoms with van der Waals surface area (Å²) in [6, 6.07) is -0.283. The third-order valence-electron chi connectivity index (χ3n) is 2.77. The number of hydrogen-bond donors (Lipinski definition) is 2. The van der Waals surface area contributed by atoms with Crippen molar-refractivity contribution in [2.45, 2.75) is 45.3 Å². The Morgan fingerprint density at radius 3 is 2.75 bits per heavy atom. The van der Waals surface area contributed by atoms with E-state index in [0.717, 1.165) is 12.8 Å². The number of likely N-dealkylation sites (tertiary alicyclic amines) is 1. The fourth-order valence-corrected chi connectivity index (χ4v) is 1.99. The Hall–Kier alpha value is -1.90. The first-order valence-electron chi connectivity index (χ1n) is 6.77.